The molecule has 0 aliphatic heterocycles. The van der Waals surface area contributed by atoms with Gasteiger partial charge < -0.3 is 9.84 Å². The average molecular weight is 421 g/mol. The third kappa shape index (κ3) is 22.8. The zero-order valence-corrected chi connectivity index (χ0v) is 19.9. The molecule has 0 heterocycles. The largest absolute Gasteiger partial charge is 0.494 e. The van der Waals surface area contributed by atoms with Gasteiger partial charge >= 0.3 is 5.97 Å². The Morgan fingerprint density at radius 2 is 1.10 bits per heavy atom. The molecule has 0 aromatic heterocycles. The second-order valence-electron chi connectivity index (χ2n) is 8.26. The van der Waals surface area contributed by atoms with Crippen molar-refractivity contribution in [1.82, 2.24) is 0 Å². The van der Waals surface area contributed by atoms with Gasteiger partial charge in [0.15, 0.2) is 0 Å². The number of hydrogen-bond acceptors (Lipinski definition) is 2. The quantitative estimate of drug-likeness (QED) is 0.227. The van der Waals surface area contributed by atoms with Gasteiger partial charge in [-0.1, -0.05) is 122 Å². The van der Waals surface area contributed by atoms with Crippen molar-refractivity contribution in [2.45, 2.75) is 123 Å². The van der Waals surface area contributed by atoms with Gasteiger partial charge in [-0.05, 0) is 25.0 Å². The maximum Gasteiger partial charge on any atom is 0.303 e. The van der Waals surface area contributed by atoms with Gasteiger partial charge in [0.25, 0.3) is 0 Å². The van der Waals surface area contributed by atoms with E-state index < -0.39 is 5.97 Å². The van der Waals surface area contributed by atoms with Crippen molar-refractivity contribution in [2.75, 3.05) is 6.61 Å². The van der Waals surface area contributed by atoms with Crippen LogP contribution in [0.2, 0.25) is 0 Å². The first-order valence-electron chi connectivity index (χ1n) is 12.6. The van der Waals surface area contributed by atoms with Crippen LogP contribution in [0.25, 0.3) is 0 Å². The summed E-state index contributed by atoms with van der Waals surface area (Å²) < 4.78 is 5.63. The molecular weight excluding hydrogens is 372 g/mol. The molecule has 0 saturated heterocycles. The molecule has 1 rings (SSSR count). The first-order valence-corrected chi connectivity index (χ1v) is 12.6. The Hall–Kier alpha value is -1.51. The molecule has 0 unspecified atom stereocenters. The molecule has 30 heavy (non-hydrogen) atoms. The Bertz CT molecular complexity index is 458. The van der Waals surface area contributed by atoms with Gasteiger partial charge in [0.2, 0.25) is 0 Å². The molecule has 0 spiro atoms. The molecule has 1 aromatic rings. The minimum absolute atomic E-state index is 0.343. The van der Waals surface area contributed by atoms with Crippen LogP contribution >= 0.6 is 0 Å². The number of rotatable bonds is 19. The molecule has 0 fully saturated rings. The van der Waals surface area contributed by atoms with Crippen LogP contribution in [0.3, 0.4) is 0 Å². The molecule has 0 aliphatic rings. The second-order valence-corrected chi connectivity index (χ2v) is 8.26. The fourth-order valence-corrected chi connectivity index (χ4v) is 3.35. The average Bonchev–Trinajstić information content (AvgIpc) is 2.75. The van der Waals surface area contributed by atoms with Crippen molar-refractivity contribution in [2.24, 2.45) is 0 Å². The minimum Gasteiger partial charge on any atom is -0.494 e. The van der Waals surface area contributed by atoms with E-state index in [2.05, 4.69) is 13.8 Å². The standard InChI is InChI=1S/C15H24O.C12H24O2/c1-2-3-4-5-6-7-11-14-16-15-12-9-8-10-13-15;1-2-3-4-5-6-7-8-9-10-11-12(13)14/h8-10,12-13H,2-7,11,14H2,1H3;2-11H2,1H3,(H,13,14). The Morgan fingerprint density at radius 3 is 1.57 bits per heavy atom. The molecule has 0 radical (unpaired) electrons. The van der Waals surface area contributed by atoms with E-state index in [9.17, 15) is 4.79 Å². The number of unbranched alkanes of at least 4 members (excludes halogenated alkanes) is 14. The highest BCUT2D eigenvalue weighted by Crippen LogP contribution is 2.11. The highest BCUT2D eigenvalue weighted by molar-refractivity contribution is 5.66. The zero-order valence-electron chi connectivity index (χ0n) is 19.9. The van der Waals surface area contributed by atoms with E-state index in [0.717, 1.165) is 25.2 Å². The number of benzene rings is 1. The lowest BCUT2D eigenvalue weighted by Crippen LogP contribution is -1.96. The molecule has 174 valence electrons. The summed E-state index contributed by atoms with van der Waals surface area (Å²) in [6.07, 6.45) is 20.8. The molecular formula is C27H48O3. The van der Waals surface area contributed by atoms with Crippen molar-refractivity contribution in [3.63, 3.8) is 0 Å². The van der Waals surface area contributed by atoms with Crippen LogP contribution < -0.4 is 4.74 Å². The van der Waals surface area contributed by atoms with E-state index >= 15 is 0 Å². The van der Waals surface area contributed by atoms with Crippen LogP contribution in [0.5, 0.6) is 5.75 Å². The predicted octanol–water partition coefficient (Wildman–Crippen LogP) is 8.81. The van der Waals surface area contributed by atoms with E-state index in [1.54, 1.807) is 0 Å². The van der Waals surface area contributed by atoms with E-state index in [0.29, 0.717) is 6.42 Å². The summed E-state index contributed by atoms with van der Waals surface area (Å²) in [7, 11) is 0. The summed E-state index contributed by atoms with van der Waals surface area (Å²) >= 11 is 0. The maximum atomic E-state index is 10.2. The maximum absolute atomic E-state index is 10.2. The number of carboxylic acids is 1. The molecule has 0 amide bonds. The van der Waals surface area contributed by atoms with Crippen LogP contribution in [0, 0.1) is 0 Å². The monoisotopic (exact) mass is 420 g/mol. The molecule has 3 nitrogen and oxygen atoms in total. The number of aliphatic carboxylic acids is 1. The van der Waals surface area contributed by atoms with Gasteiger partial charge in [-0.3, -0.25) is 4.79 Å². The van der Waals surface area contributed by atoms with E-state index in [-0.39, 0.29) is 0 Å². The fourth-order valence-electron chi connectivity index (χ4n) is 3.35. The molecule has 0 saturated carbocycles. The third-order valence-electron chi connectivity index (χ3n) is 5.25. The Kier molecular flexibility index (Phi) is 22.6. The van der Waals surface area contributed by atoms with Gasteiger partial charge in [0, 0.05) is 6.42 Å². The van der Waals surface area contributed by atoms with Crippen LogP contribution in [-0.2, 0) is 4.79 Å². The Balaban J connectivity index is 0.000000567. The van der Waals surface area contributed by atoms with Crippen molar-refractivity contribution in [3.8, 4) is 5.75 Å². The number of carboxylic acid groups (broad SMARTS) is 1. The summed E-state index contributed by atoms with van der Waals surface area (Å²) in [4.78, 5) is 10.2. The number of carbonyl (C=O) groups is 1. The highest BCUT2D eigenvalue weighted by atomic mass is 16.5. The summed E-state index contributed by atoms with van der Waals surface area (Å²) in [5, 5.41) is 8.41. The van der Waals surface area contributed by atoms with Crippen LogP contribution in [0.1, 0.15) is 123 Å². The lowest BCUT2D eigenvalue weighted by atomic mass is 10.1. The van der Waals surface area contributed by atoms with Crippen molar-refractivity contribution in [3.05, 3.63) is 30.3 Å². The van der Waals surface area contributed by atoms with E-state index in [1.807, 2.05) is 30.3 Å². The Morgan fingerprint density at radius 1 is 0.667 bits per heavy atom. The van der Waals surface area contributed by atoms with Crippen LogP contribution in [-0.4, -0.2) is 17.7 Å². The molecule has 0 aliphatic carbocycles. The first-order chi connectivity index (χ1) is 14.7. The number of para-hydroxylation sites is 1. The second kappa shape index (κ2) is 23.8. The molecule has 1 aromatic carbocycles. The zero-order chi connectivity index (χ0) is 22.1. The van der Waals surface area contributed by atoms with Crippen LogP contribution in [0.15, 0.2) is 30.3 Å². The lowest BCUT2D eigenvalue weighted by molar-refractivity contribution is -0.137. The van der Waals surface area contributed by atoms with Crippen molar-refractivity contribution < 1.29 is 14.6 Å². The SMILES string of the molecule is CCCCCCCCCCCC(=O)O.CCCCCCCCCOc1ccccc1. The van der Waals surface area contributed by atoms with E-state index in [1.165, 1.54) is 89.9 Å². The van der Waals surface area contributed by atoms with Gasteiger partial charge in [-0.2, -0.15) is 0 Å². The third-order valence-corrected chi connectivity index (χ3v) is 5.25. The summed E-state index contributed by atoms with van der Waals surface area (Å²) in [5.74, 6) is 0.335. The predicted molar refractivity (Wildman–Crippen MR) is 129 cm³/mol. The van der Waals surface area contributed by atoms with Gasteiger partial charge in [-0.25, -0.2) is 0 Å². The summed E-state index contributed by atoms with van der Waals surface area (Å²) in [5.41, 5.74) is 0. The highest BCUT2D eigenvalue weighted by Gasteiger charge is 1.96. The smallest absolute Gasteiger partial charge is 0.303 e. The lowest BCUT2D eigenvalue weighted by Gasteiger charge is -2.05. The molecule has 0 atom stereocenters. The number of hydrogen-bond donors (Lipinski definition) is 1. The van der Waals surface area contributed by atoms with Gasteiger partial charge in [0.1, 0.15) is 5.75 Å². The Labute approximate surface area is 186 Å². The molecule has 0 bridgehead atoms. The van der Waals surface area contributed by atoms with Gasteiger partial charge in [-0.15, -0.1) is 0 Å². The topological polar surface area (TPSA) is 46.5 Å². The van der Waals surface area contributed by atoms with E-state index in [4.69, 9.17) is 9.84 Å². The first kappa shape index (κ1) is 28.5. The number of ether oxygens (including phenoxy) is 1. The summed E-state index contributed by atoms with van der Waals surface area (Å²) in [6.45, 7) is 5.34. The fraction of sp³-hybridized carbons (Fsp3) is 0.741. The van der Waals surface area contributed by atoms with Crippen LogP contribution in [0.4, 0.5) is 0 Å². The molecule has 1 N–H and O–H groups in total. The minimum atomic E-state index is -0.659. The summed E-state index contributed by atoms with van der Waals surface area (Å²) in [6, 6.07) is 10.1. The van der Waals surface area contributed by atoms with Crippen molar-refractivity contribution in [1.29, 1.82) is 0 Å². The van der Waals surface area contributed by atoms with Gasteiger partial charge in [0.05, 0.1) is 6.61 Å². The molecule has 3 heteroatoms. The van der Waals surface area contributed by atoms with Crippen molar-refractivity contribution >= 4 is 5.97 Å². The normalized spacial score (nSPS) is 10.3.